The van der Waals surface area contributed by atoms with Gasteiger partial charge in [-0.15, -0.1) is 0 Å². The molecule has 0 saturated heterocycles. The van der Waals surface area contributed by atoms with Crippen LogP contribution in [-0.4, -0.2) is 46.5 Å². The summed E-state index contributed by atoms with van der Waals surface area (Å²) in [4.78, 5) is 0. The standard InChI is InChI=1S/C14H32N2OS2/c1-8-16(6,7)11-9-10-15-19(17)14(5,18)12-13(2,3)4/h15H,8-12H2,1-7H3/p+1. The highest BCUT2D eigenvalue weighted by atomic mass is 32.2. The van der Waals surface area contributed by atoms with E-state index in [2.05, 4.69) is 59.1 Å². The van der Waals surface area contributed by atoms with Crippen molar-refractivity contribution in [1.82, 2.24) is 4.72 Å². The van der Waals surface area contributed by atoms with E-state index in [1.807, 2.05) is 6.92 Å². The Balaban J connectivity index is 4.11. The van der Waals surface area contributed by atoms with Crippen LogP contribution in [0.3, 0.4) is 0 Å². The van der Waals surface area contributed by atoms with Crippen LogP contribution in [0.2, 0.25) is 0 Å². The Hall–Kier alpha value is 0.420. The lowest BCUT2D eigenvalue weighted by molar-refractivity contribution is -0.888. The van der Waals surface area contributed by atoms with Crippen molar-refractivity contribution in [2.24, 2.45) is 5.41 Å². The third-order valence-corrected chi connectivity index (χ3v) is 5.35. The van der Waals surface area contributed by atoms with Gasteiger partial charge in [-0.05, 0) is 25.7 Å². The lowest BCUT2D eigenvalue weighted by atomic mass is 9.90. The summed E-state index contributed by atoms with van der Waals surface area (Å²) in [5.41, 5.74) is 0.134. The Morgan fingerprint density at radius 2 is 1.74 bits per heavy atom. The van der Waals surface area contributed by atoms with E-state index in [1.54, 1.807) is 0 Å². The van der Waals surface area contributed by atoms with Crippen molar-refractivity contribution in [3.05, 3.63) is 0 Å². The maximum Gasteiger partial charge on any atom is 0.108 e. The van der Waals surface area contributed by atoms with Crippen molar-refractivity contribution < 1.29 is 8.69 Å². The molecule has 0 aromatic carbocycles. The summed E-state index contributed by atoms with van der Waals surface area (Å²) in [5.74, 6) is 0. The second-order valence-electron chi connectivity index (χ2n) is 7.40. The predicted molar refractivity (Wildman–Crippen MR) is 89.7 cm³/mol. The van der Waals surface area contributed by atoms with Gasteiger partial charge in [0.1, 0.15) is 11.0 Å². The van der Waals surface area contributed by atoms with E-state index in [1.165, 1.54) is 0 Å². The lowest BCUT2D eigenvalue weighted by Crippen LogP contribution is -2.42. The monoisotopic (exact) mass is 309 g/mol. The van der Waals surface area contributed by atoms with Crippen molar-refractivity contribution >= 4 is 23.6 Å². The van der Waals surface area contributed by atoms with Gasteiger partial charge < -0.3 is 4.48 Å². The van der Waals surface area contributed by atoms with Crippen molar-refractivity contribution in [2.75, 3.05) is 33.7 Å². The summed E-state index contributed by atoms with van der Waals surface area (Å²) in [6.07, 6.45) is 1.85. The van der Waals surface area contributed by atoms with E-state index in [4.69, 9.17) is 0 Å². The molecule has 0 aromatic heterocycles. The molecule has 3 nitrogen and oxygen atoms in total. The van der Waals surface area contributed by atoms with Crippen LogP contribution in [0.1, 0.15) is 47.5 Å². The van der Waals surface area contributed by atoms with Crippen LogP contribution in [0.4, 0.5) is 0 Å². The largest absolute Gasteiger partial charge is 0.329 e. The average molecular weight is 310 g/mol. The fourth-order valence-corrected chi connectivity index (χ4v) is 3.91. The first-order chi connectivity index (χ1) is 8.40. The number of hydrogen-bond acceptors (Lipinski definition) is 2. The zero-order valence-corrected chi connectivity index (χ0v) is 15.5. The molecule has 0 amide bonds. The summed E-state index contributed by atoms with van der Waals surface area (Å²) in [7, 11) is 3.34. The van der Waals surface area contributed by atoms with Gasteiger partial charge in [-0.1, -0.05) is 20.8 Å². The summed E-state index contributed by atoms with van der Waals surface area (Å²) in [5, 5.41) is 0. The summed E-state index contributed by atoms with van der Waals surface area (Å²) >= 11 is 4.59. The van der Waals surface area contributed by atoms with Gasteiger partial charge in [0.2, 0.25) is 0 Å². The molecule has 0 aliphatic heterocycles. The van der Waals surface area contributed by atoms with E-state index >= 15 is 0 Å². The van der Waals surface area contributed by atoms with E-state index in [0.29, 0.717) is 0 Å². The van der Waals surface area contributed by atoms with Gasteiger partial charge in [-0.25, -0.2) is 8.93 Å². The third-order valence-electron chi connectivity index (χ3n) is 3.29. The van der Waals surface area contributed by atoms with Crippen LogP contribution in [0.5, 0.6) is 0 Å². The fraction of sp³-hybridized carbons (Fsp3) is 1.00. The van der Waals surface area contributed by atoms with Gasteiger partial charge in [-0.3, -0.25) is 0 Å². The summed E-state index contributed by atoms with van der Waals surface area (Å²) < 4.78 is 15.9. The van der Waals surface area contributed by atoms with Gasteiger partial charge in [0.25, 0.3) is 0 Å². The maximum atomic E-state index is 12.3. The van der Waals surface area contributed by atoms with Crippen LogP contribution in [-0.2, 0) is 11.0 Å². The van der Waals surface area contributed by atoms with Gasteiger partial charge in [0.15, 0.2) is 0 Å². The molecule has 0 radical (unpaired) electrons. The Kier molecular flexibility index (Phi) is 7.60. The Morgan fingerprint density at radius 3 is 2.16 bits per heavy atom. The quantitative estimate of drug-likeness (QED) is 0.403. The molecule has 0 fully saturated rings. The normalized spacial score (nSPS) is 18.1. The van der Waals surface area contributed by atoms with Crippen molar-refractivity contribution in [3.8, 4) is 0 Å². The molecule has 0 aliphatic carbocycles. The lowest BCUT2D eigenvalue weighted by Gasteiger charge is -2.31. The molecule has 0 saturated carbocycles. The number of nitrogens with one attached hydrogen (secondary N) is 1. The molecule has 0 aromatic rings. The minimum absolute atomic E-state index is 0.134. The van der Waals surface area contributed by atoms with Crippen molar-refractivity contribution in [2.45, 2.75) is 51.5 Å². The van der Waals surface area contributed by atoms with E-state index < -0.39 is 15.1 Å². The zero-order chi connectivity index (χ0) is 15.3. The number of rotatable bonds is 8. The molecule has 1 N–H and O–H groups in total. The van der Waals surface area contributed by atoms with Gasteiger partial charge in [0, 0.05) is 13.0 Å². The van der Waals surface area contributed by atoms with Crippen LogP contribution in [0.25, 0.3) is 0 Å². The Bertz CT molecular complexity index is 296. The van der Waals surface area contributed by atoms with Crippen molar-refractivity contribution in [3.63, 3.8) is 0 Å². The predicted octanol–water partition coefficient (Wildman–Crippen LogP) is 2.81. The molecular formula is C14H33N2OS2+. The Morgan fingerprint density at radius 1 is 1.21 bits per heavy atom. The van der Waals surface area contributed by atoms with Crippen LogP contribution in [0, 0.1) is 5.41 Å². The van der Waals surface area contributed by atoms with Gasteiger partial charge in [0.05, 0.1) is 31.3 Å². The molecule has 2 atom stereocenters. The first-order valence-corrected chi connectivity index (χ1v) is 8.69. The van der Waals surface area contributed by atoms with Crippen molar-refractivity contribution in [1.29, 1.82) is 0 Å². The molecule has 0 spiro atoms. The average Bonchev–Trinajstić information content (AvgIpc) is 2.20. The molecular weight excluding hydrogens is 276 g/mol. The molecule has 2 unspecified atom stereocenters. The fourth-order valence-electron chi connectivity index (χ4n) is 2.04. The molecule has 0 aliphatic rings. The van der Waals surface area contributed by atoms with E-state index in [0.717, 1.165) is 37.0 Å². The minimum atomic E-state index is -1.10. The number of thiol groups is 1. The molecule has 0 bridgehead atoms. The summed E-state index contributed by atoms with van der Waals surface area (Å²) in [6, 6.07) is 0. The highest BCUT2D eigenvalue weighted by molar-refractivity contribution is 8.01. The second kappa shape index (κ2) is 7.43. The number of quaternary nitrogens is 1. The van der Waals surface area contributed by atoms with E-state index in [9.17, 15) is 4.21 Å². The smallest absolute Gasteiger partial charge is 0.108 e. The Labute approximate surface area is 128 Å². The zero-order valence-electron chi connectivity index (χ0n) is 13.7. The molecule has 0 rings (SSSR count). The number of hydrogen-bond donors (Lipinski definition) is 2. The highest BCUT2D eigenvalue weighted by Crippen LogP contribution is 2.33. The van der Waals surface area contributed by atoms with Gasteiger partial charge >= 0.3 is 0 Å². The molecule has 19 heavy (non-hydrogen) atoms. The molecule has 116 valence electrons. The van der Waals surface area contributed by atoms with Crippen LogP contribution >= 0.6 is 12.6 Å². The first-order valence-electron chi connectivity index (χ1n) is 7.09. The van der Waals surface area contributed by atoms with Gasteiger partial charge in [-0.2, -0.15) is 12.6 Å². The highest BCUT2D eigenvalue weighted by Gasteiger charge is 2.32. The molecule has 5 heteroatoms. The third kappa shape index (κ3) is 9.05. The number of nitrogens with zero attached hydrogens (tertiary/aromatic N) is 1. The molecule has 0 heterocycles. The van der Waals surface area contributed by atoms with Crippen LogP contribution in [0.15, 0.2) is 0 Å². The first kappa shape index (κ1) is 19.4. The van der Waals surface area contributed by atoms with Crippen LogP contribution < -0.4 is 4.72 Å². The van der Waals surface area contributed by atoms with E-state index in [-0.39, 0.29) is 5.41 Å². The SMILES string of the molecule is CC[N+](C)(C)CCCNS(=O)C(C)(S)CC(C)(C)C. The maximum absolute atomic E-state index is 12.3. The topological polar surface area (TPSA) is 29.1 Å². The second-order valence-corrected chi connectivity index (χ2v) is 10.4. The summed E-state index contributed by atoms with van der Waals surface area (Å²) in [6.45, 7) is 13.6. The minimum Gasteiger partial charge on any atom is -0.329 e.